The fourth-order valence-electron chi connectivity index (χ4n) is 7.93. The van der Waals surface area contributed by atoms with Gasteiger partial charge in [0.15, 0.2) is 0 Å². The third-order valence-corrected chi connectivity index (χ3v) is 13.9. The number of fused-ring (bicyclic) bond motifs is 12. The van der Waals surface area contributed by atoms with E-state index in [9.17, 15) is 0 Å². The van der Waals surface area contributed by atoms with Crippen molar-refractivity contribution >= 4 is 109 Å². The molecule has 0 spiro atoms. The molecular weight excluding hydrogens is 654 g/mol. The van der Waals surface area contributed by atoms with Gasteiger partial charge in [0.2, 0.25) is 0 Å². The van der Waals surface area contributed by atoms with Gasteiger partial charge in [0, 0.05) is 0 Å². The van der Waals surface area contributed by atoms with Crippen LogP contribution in [0.2, 0.25) is 0 Å². The van der Waals surface area contributed by atoms with Crippen molar-refractivity contribution in [3.05, 3.63) is 152 Å². The number of hydrogen-bond acceptors (Lipinski definition) is 1. The van der Waals surface area contributed by atoms with E-state index in [0.29, 0.717) is 0 Å². The number of hydrogen-bond donors (Lipinski definition) is 0. The van der Waals surface area contributed by atoms with Crippen LogP contribution in [0.15, 0.2) is 152 Å². The van der Waals surface area contributed by atoms with Crippen molar-refractivity contribution in [2.75, 3.05) is 0 Å². The number of nitrogens with zero attached hydrogens (tertiary/aromatic N) is 1. The standard InChI is InChI=1S/C44H25NSSe/c1-2-13-28-25-29(22-21-26(28)11-1)38-31-15-5-7-17-33(31)40(34-18-8-6-16-32(34)38)45-39-30-14-4-3-12-27(30)23-24-36(39)42-41(45)44-43(46-42)35-19-9-10-20-37(35)47-44/h1-25H. The van der Waals surface area contributed by atoms with Gasteiger partial charge in [-0.05, 0) is 0 Å². The van der Waals surface area contributed by atoms with E-state index in [0.717, 1.165) is 0 Å². The summed E-state index contributed by atoms with van der Waals surface area (Å²) in [6.07, 6.45) is 0. The first kappa shape index (κ1) is 25.9. The molecule has 0 saturated carbocycles. The third-order valence-electron chi connectivity index (χ3n) is 9.94. The molecule has 11 rings (SSSR count). The maximum atomic E-state index is 2.67. The van der Waals surface area contributed by atoms with Crippen LogP contribution in [-0.4, -0.2) is 19.1 Å². The quantitative estimate of drug-likeness (QED) is 0.127. The van der Waals surface area contributed by atoms with Crippen molar-refractivity contribution in [2.45, 2.75) is 0 Å². The van der Waals surface area contributed by atoms with Crippen LogP contribution in [0, 0.1) is 0 Å². The number of aromatic nitrogens is 1. The second-order valence-electron chi connectivity index (χ2n) is 12.4. The van der Waals surface area contributed by atoms with Gasteiger partial charge in [-0.25, -0.2) is 0 Å². The second kappa shape index (κ2) is 9.67. The predicted octanol–water partition coefficient (Wildman–Crippen LogP) is 12.5. The molecule has 0 radical (unpaired) electrons. The van der Waals surface area contributed by atoms with Gasteiger partial charge in [-0.2, -0.15) is 0 Å². The summed E-state index contributed by atoms with van der Waals surface area (Å²) in [6.45, 7) is 0. The van der Waals surface area contributed by atoms with E-state index in [1.807, 2.05) is 11.3 Å². The first-order valence-corrected chi connectivity index (χ1v) is 18.6. The Bertz CT molecular complexity index is 3020. The Labute approximate surface area is 280 Å². The molecule has 1 nitrogen and oxygen atoms in total. The second-order valence-corrected chi connectivity index (χ2v) is 15.7. The van der Waals surface area contributed by atoms with Gasteiger partial charge in [0.05, 0.1) is 0 Å². The Balaban J connectivity index is 1.38. The van der Waals surface area contributed by atoms with Crippen LogP contribution in [0.25, 0.3) is 99.6 Å². The molecule has 0 saturated heterocycles. The van der Waals surface area contributed by atoms with E-state index in [4.69, 9.17) is 0 Å². The molecule has 0 bridgehead atoms. The average Bonchev–Trinajstić information content (AvgIpc) is 3.78. The Morgan fingerprint density at radius 3 is 1.79 bits per heavy atom. The number of rotatable bonds is 2. The molecular formula is C44H25NSSe. The van der Waals surface area contributed by atoms with Gasteiger partial charge in [-0.15, -0.1) is 0 Å². The molecule has 0 fully saturated rings. The molecule has 3 heterocycles. The minimum atomic E-state index is 0.239. The van der Waals surface area contributed by atoms with Crippen LogP contribution in [0.3, 0.4) is 0 Å². The molecule has 11 aromatic rings. The average molecular weight is 679 g/mol. The zero-order valence-electron chi connectivity index (χ0n) is 25.2. The third kappa shape index (κ3) is 3.54. The molecule has 8 aromatic carbocycles. The number of thiophene rings is 1. The van der Waals surface area contributed by atoms with E-state index in [1.54, 1.807) is 0 Å². The Morgan fingerprint density at radius 2 is 1.02 bits per heavy atom. The monoisotopic (exact) mass is 679 g/mol. The summed E-state index contributed by atoms with van der Waals surface area (Å²) in [5, 5.41) is 13.0. The zero-order valence-corrected chi connectivity index (χ0v) is 27.7. The van der Waals surface area contributed by atoms with Gasteiger partial charge >= 0.3 is 276 Å². The van der Waals surface area contributed by atoms with E-state index < -0.39 is 0 Å². The van der Waals surface area contributed by atoms with Crippen molar-refractivity contribution in [1.29, 1.82) is 0 Å². The Hall–Kier alpha value is -5.18. The van der Waals surface area contributed by atoms with E-state index in [2.05, 4.69) is 156 Å². The Morgan fingerprint density at radius 1 is 0.426 bits per heavy atom. The summed E-state index contributed by atoms with van der Waals surface area (Å²) < 4.78 is 8.54. The maximum absolute atomic E-state index is 2.67. The number of benzene rings is 8. The van der Waals surface area contributed by atoms with Gasteiger partial charge in [0.25, 0.3) is 0 Å². The summed E-state index contributed by atoms with van der Waals surface area (Å²) in [5.41, 5.74) is 6.54. The van der Waals surface area contributed by atoms with Crippen LogP contribution in [0.5, 0.6) is 0 Å². The summed E-state index contributed by atoms with van der Waals surface area (Å²) in [4.78, 5) is 0. The molecule has 3 aromatic heterocycles. The molecule has 0 aliphatic rings. The van der Waals surface area contributed by atoms with Gasteiger partial charge in [-0.3, -0.25) is 0 Å². The van der Waals surface area contributed by atoms with Crippen molar-refractivity contribution in [2.24, 2.45) is 0 Å². The van der Waals surface area contributed by atoms with Crippen LogP contribution in [-0.2, 0) is 0 Å². The molecule has 0 amide bonds. The Kier molecular flexibility index (Phi) is 5.34. The van der Waals surface area contributed by atoms with Crippen LogP contribution in [0.4, 0.5) is 0 Å². The van der Waals surface area contributed by atoms with Gasteiger partial charge in [-0.1, -0.05) is 6.07 Å². The zero-order chi connectivity index (χ0) is 30.6. The topological polar surface area (TPSA) is 4.93 Å². The fraction of sp³-hybridized carbons (Fsp3) is 0. The predicted molar refractivity (Wildman–Crippen MR) is 206 cm³/mol. The van der Waals surface area contributed by atoms with Crippen LogP contribution >= 0.6 is 11.3 Å². The van der Waals surface area contributed by atoms with Crippen molar-refractivity contribution < 1.29 is 0 Å². The van der Waals surface area contributed by atoms with E-state index in [1.165, 1.54) is 99.6 Å². The van der Waals surface area contributed by atoms with Crippen LogP contribution in [0.1, 0.15) is 0 Å². The van der Waals surface area contributed by atoms with Crippen molar-refractivity contribution in [3.8, 4) is 16.8 Å². The molecule has 0 N–H and O–H groups in total. The fourth-order valence-corrected chi connectivity index (χ4v) is 12.3. The molecule has 0 aliphatic carbocycles. The molecule has 0 unspecified atom stereocenters. The van der Waals surface area contributed by atoms with E-state index in [-0.39, 0.29) is 14.5 Å². The first-order valence-electron chi connectivity index (χ1n) is 16.0. The van der Waals surface area contributed by atoms with Crippen molar-refractivity contribution in [3.63, 3.8) is 0 Å². The van der Waals surface area contributed by atoms with Gasteiger partial charge in [0.1, 0.15) is 0 Å². The summed E-state index contributed by atoms with van der Waals surface area (Å²) in [5.74, 6) is 0. The molecule has 3 heteroatoms. The summed E-state index contributed by atoms with van der Waals surface area (Å²) in [7, 11) is 0. The van der Waals surface area contributed by atoms with Gasteiger partial charge < -0.3 is 0 Å². The molecule has 47 heavy (non-hydrogen) atoms. The summed E-state index contributed by atoms with van der Waals surface area (Å²) >= 11 is 2.23. The molecule has 218 valence electrons. The normalized spacial score (nSPS) is 12.3. The first-order chi connectivity index (χ1) is 23.3. The molecule has 0 atom stereocenters. The summed E-state index contributed by atoms with van der Waals surface area (Å²) in [6, 6.07) is 56.4. The van der Waals surface area contributed by atoms with E-state index >= 15 is 0 Å². The van der Waals surface area contributed by atoms with Crippen molar-refractivity contribution in [1.82, 2.24) is 4.57 Å². The molecule has 0 aliphatic heterocycles. The minimum absolute atomic E-state index is 0.239. The SMILES string of the molecule is c1ccc2cc(-c3c4ccccc4c(-n4c5c6ccccc6ccc5c5sc6c7ccccc7[se]c6c54)c4ccccc34)ccc2c1. The van der Waals surface area contributed by atoms with Crippen LogP contribution < -0.4 is 0 Å².